The molecule has 0 N–H and O–H groups in total. The molecule has 1 aliphatic rings. The number of ketones is 1. The average molecular weight is 410 g/mol. The molecule has 5 nitrogen and oxygen atoms in total. The predicted octanol–water partition coefficient (Wildman–Crippen LogP) is 4.56. The summed E-state index contributed by atoms with van der Waals surface area (Å²) in [5.41, 5.74) is -0.549. The Balaban J connectivity index is 1.84. The molecule has 1 aliphatic carbocycles. The second-order valence-electron chi connectivity index (χ2n) is 7.31. The molecule has 29 heavy (non-hydrogen) atoms. The largest absolute Gasteiger partial charge is 0.451 e. The lowest BCUT2D eigenvalue weighted by Crippen LogP contribution is -2.54. The maximum absolute atomic E-state index is 13.4. The Labute approximate surface area is 172 Å². The maximum atomic E-state index is 13.4. The number of para-hydroxylation sites is 1. The molecule has 0 bridgehead atoms. The summed E-state index contributed by atoms with van der Waals surface area (Å²) < 4.78 is 5.73. The number of rotatable bonds is 3. The van der Waals surface area contributed by atoms with Crippen LogP contribution in [0.4, 0.5) is 0 Å². The third-order valence-corrected chi connectivity index (χ3v) is 6.03. The van der Waals surface area contributed by atoms with Crippen LogP contribution in [0.5, 0.6) is 0 Å². The van der Waals surface area contributed by atoms with Crippen LogP contribution in [0.1, 0.15) is 41.8 Å². The molecular formula is C23H20ClNO4. The first-order chi connectivity index (χ1) is 13.9. The first kappa shape index (κ1) is 19.4. The second-order valence-corrected chi connectivity index (χ2v) is 7.71. The van der Waals surface area contributed by atoms with Crippen molar-refractivity contribution in [3.8, 4) is 0 Å². The zero-order chi connectivity index (χ0) is 20.6. The topological polar surface area (TPSA) is 67.6 Å². The van der Waals surface area contributed by atoms with Crippen LogP contribution in [0.25, 0.3) is 11.0 Å². The van der Waals surface area contributed by atoms with Gasteiger partial charge in [-0.25, -0.2) is 0 Å². The Morgan fingerprint density at radius 3 is 2.55 bits per heavy atom. The van der Waals surface area contributed by atoms with E-state index >= 15 is 0 Å². The van der Waals surface area contributed by atoms with E-state index in [1.165, 1.54) is 11.0 Å². The van der Waals surface area contributed by atoms with E-state index in [1.807, 2.05) is 0 Å². The van der Waals surface area contributed by atoms with Crippen molar-refractivity contribution in [1.82, 2.24) is 4.90 Å². The summed E-state index contributed by atoms with van der Waals surface area (Å²) in [5, 5.41) is 0.837. The Bertz CT molecular complexity index is 1170. The van der Waals surface area contributed by atoms with E-state index in [0.29, 0.717) is 34.4 Å². The van der Waals surface area contributed by atoms with Crippen molar-refractivity contribution in [2.45, 2.75) is 31.2 Å². The van der Waals surface area contributed by atoms with Gasteiger partial charge in [0.25, 0.3) is 5.91 Å². The van der Waals surface area contributed by atoms with Crippen molar-refractivity contribution in [2.24, 2.45) is 0 Å². The molecule has 1 amide bonds. The molecule has 1 aromatic heterocycles. The average Bonchev–Trinajstić information content (AvgIpc) is 2.74. The van der Waals surface area contributed by atoms with Crippen molar-refractivity contribution in [2.75, 3.05) is 7.05 Å². The number of halogens is 1. The summed E-state index contributed by atoms with van der Waals surface area (Å²) in [7, 11) is 1.57. The van der Waals surface area contributed by atoms with Crippen LogP contribution >= 0.6 is 11.6 Å². The van der Waals surface area contributed by atoms with Gasteiger partial charge in [0.05, 0.1) is 5.39 Å². The van der Waals surface area contributed by atoms with Gasteiger partial charge in [-0.3, -0.25) is 14.4 Å². The molecule has 1 saturated carbocycles. The molecule has 3 aromatic rings. The molecule has 0 spiro atoms. The van der Waals surface area contributed by atoms with Crippen molar-refractivity contribution in [3.05, 3.63) is 81.2 Å². The Hall–Kier alpha value is -2.92. The number of hydrogen-bond acceptors (Lipinski definition) is 4. The number of fused-ring (bicyclic) bond motifs is 1. The highest BCUT2D eigenvalue weighted by Crippen LogP contribution is 2.42. The zero-order valence-electron chi connectivity index (χ0n) is 16.0. The van der Waals surface area contributed by atoms with Crippen molar-refractivity contribution in [1.29, 1.82) is 0 Å². The minimum absolute atomic E-state index is 0.0594. The normalized spacial score (nSPS) is 19.3. The fourth-order valence-electron chi connectivity index (χ4n) is 4.18. The molecule has 1 fully saturated rings. The summed E-state index contributed by atoms with van der Waals surface area (Å²) in [6.07, 6.45) is 2.40. The van der Waals surface area contributed by atoms with Crippen LogP contribution in [0, 0.1) is 0 Å². The fourth-order valence-corrected chi connectivity index (χ4v) is 4.47. The highest BCUT2D eigenvalue weighted by Gasteiger charge is 2.48. The van der Waals surface area contributed by atoms with Crippen LogP contribution in [0.2, 0.25) is 5.02 Å². The summed E-state index contributed by atoms with van der Waals surface area (Å²) in [6.45, 7) is 0. The van der Waals surface area contributed by atoms with Gasteiger partial charge in [-0.2, -0.15) is 0 Å². The minimum atomic E-state index is -1.18. The lowest BCUT2D eigenvalue weighted by molar-refractivity contribution is -0.132. The molecule has 0 aliphatic heterocycles. The number of carbonyl (C=O) groups is 2. The first-order valence-electron chi connectivity index (χ1n) is 9.54. The molecule has 4 rings (SSSR count). The van der Waals surface area contributed by atoms with Crippen molar-refractivity contribution in [3.63, 3.8) is 0 Å². The van der Waals surface area contributed by atoms with Crippen LogP contribution < -0.4 is 5.43 Å². The number of carbonyl (C=O) groups excluding carboxylic acids is 2. The van der Waals surface area contributed by atoms with Crippen LogP contribution in [0.15, 0.2) is 63.8 Å². The molecule has 0 unspecified atom stereocenters. The summed E-state index contributed by atoms with van der Waals surface area (Å²) in [4.78, 5) is 40.4. The monoisotopic (exact) mass is 409 g/mol. The first-order valence-corrected chi connectivity index (χ1v) is 9.92. The Kier molecular flexibility index (Phi) is 5.01. The highest BCUT2D eigenvalue weighted by atomic mass is 35.5. The van der Waals surface area contributed by atoms with E-state index in [-0.39, 0.29) is 17.0 Å². The summed E-state index contributed by atoms with van der Waals surface area (Å²) in [6, 6.07) is 15.0. The molecule has 1 heterocycles. The van der Waals surface area contributed by atoms with E-state index < -0.39 is 11.4 Å². The van der Waals surface area contributed by atoms with Gasteiger partial charge in [-0.05, 0) is 37.5 Å². The van der Waals surface area contributed by atoms with Crippen molar-refractivity contribution >= 4 is 34.3 Å². The lowest BCUT2D eigenvalue weighted by atomic mass is 9.74. The second kappa shape index (κ2) is 7.48. The lowest BCUT2D eigenvalue weighted by Gasteiger charge is -2.43. The molecule has 0 saturated heterocycles. The number of benzene rings is 2. The van der Waals surface area contributed by atoms with Gasteiger partial charge in [0.2, 0.25) is 0 Å². The van der Waals surface area contributed by atoms with E-state index in [4.69, 9.17) is 16.0 Å². The molecule has 6 heteroatoms. The summed E-state index contributed by atoms with van der Waals surface area (Å²) in [5.74, 6) is -0.681. The van der Waals surface area contributed by atoms with Crippen LogP contribution in [-0.2, 0) is 10.3 Å². The Morgan fingerprint density at radius 1 is 1.07 bits per heavy atom. The van der Waals surface area contributed by atoms with Gasteiger partial charge >= 0.3 is 0 Å². The SMILES string of the molecule is CN(C(=O)c1cc(=O)c2ccccc2o1)[C@]1(c2ccccc2Cl)CCCCC1=O. The number of nitrogens with zero attached hydrogens (tertiary/aromatic N) is 1. The van der Waals surface area contributed by atoms with Crippen molar-refractivity contribution < 1.29 is 14.0 Å². The quantitative estimate of drug-likeness (QED) is 0.636. The molecular weight excluding hydrogens is 390 g/mol. The van der Waals surface area contributed by atoms with E-state index in [2.05, 4.69) is 0 Å². The molecule has 1 atom stereocenters. The number of likely N-dealkylation sites (N-methyl/N-ethyl adjacent to an activating group) is 1. The van der Waals surface area contributed by atoms with Gasteiger partial charge in [-0.15, -0.1) is 0 Å². The van der Waals surface area contributed by atoms with Gasteiger partial charge in [0.15, 0.2) is 17.0 Å². The minimum Gasteiger partial charge on any atom is -0.451 e. The van der Waals surface area contributed by atoms with Gasteiger partial charge in [0.1, 0.15) is 11.1 Å². The highest BCUT2D eigenvalue weighted by molar-refractivity contribution is 6.31. The molecule has 2 aromatic carbocycles. The summed E-state index contributed by atoms with van der Waals surface area (Å²) >= 11 is 6.45. The number of amides is 1. The molecule has 148 valence electrons. The standard InChI is InChI=1S/C23H20ClNO4/c1-25(22(28)20-14-18(26)15-8-2-5-11-19(15)29-20)23(13-7-6-12-21(23)27)16-9-3-4-10-17(16)24/h2-5,8-11,14H,6-7,12-13H2,1H3/t23-/m0/s1. The fraction of sp³-hybridized carbons (Fsp3) is 0.261. The smallest absolute Gasteiger partial charge is 0.290 e. The zero-order valence-corrected chi connectivity index (χ0v) is 16.7. The van der Waals surface area contributed by atoms with E-state index in [1.54, 1.807) is 55.6 Å². The van der Waals surface area contributed by atoms with Gasteiger partial charge in [0, 0.05) is 30.1 Å². The van der Waals surface area contributed by atoms with Gasteiger partial charge in [-0.1, -0.05) is 41.9 Å². The predicted molar refractivity (Wildman–Crippen MR) is 111 cm³/mol. The third kappa shape index (κ3) is 3.15. The van der Waals surface area contributed by atoms with Crippen LogP contribution in [-0.4, -0.2) is 23.6 Å². The van der Waals surface area contributed by atoms with E-state index in [9.17, 15) is 14.4 Å². The number of Topliss-reactive ketones (excluding diaryl/α,β-unsaturated/α-hetero) is 1. The third-order valence-electron chi connectivity index (χ3n) is 5.70. The van der Waals surface area contributed by atoms with Gasteiger partial charge < -0.3 is 9.32 Å². The number of hydrogen-bond donors (Lipinski definition) is 0. The molecule has 0 radical (unpaired) electrons. The maximum Gasteiger partial charge on any atom is 0.290 e. The van der Waals surface area contributed by atoms with E-state index in [0.717, 1.165) is 12.8 Å². The van der Waals surface area contributed by atoms with Crippen LogP contribution in [0.3, 0.4) is 0 Å². The Morgan fingerprint density at radius 2 is 1.79 bits per heavy atom.